The number of hydrogen-bond acceptors (Lipinski definition) is 1. The maximum atomic E-state index is 4.64. The van der Waals surface area contributed by atoms with Crippen molar-refractivity contribution in [1.82, 2.24) is 4.98 Å². The molecule has 3 aromatic rings. The third kappa shape index (κ3) is 2.23. The molecule has 1 heterocycles. The molecule has 1 nitrogen and oxygen atoms in total. The Hall–Kier alpha value is -2.15. The van der Waals surface area contributed by atoms with Crippen LogP contribution in [0.25, 0.3) is 22.0 Å². The Bertz CT molecular complexity index is 755. The summed E-state index contributed by atoms with van der Waals surface area (Å²) < 4.78 is 0. The molecular formula is C20H19N. The van der Waals surface area contributed by atoms with E-state index in [0.717, 1.165) is 11.6 Å². The van der Waals surface area contributed by atoms with Crippen LogP contribution in [0, 0.1) is 0 Å². The average Bonchev–Trinajstić information content (AvgIpc) is 3.09. The van der Waals surface area contributed by atoms with Gasteiger partial charge in [-0.2, -0.15) is 0 Å². The molecule has 0 spiro atoms. The molecule has 1 aliphatic carbocycles. The smallest absolute Gasteiger partial charge is 0.0780 e. The van der Waals surface area contributed by atoms with Crippen LogP contribution in [0.1, 0.15) is 37.2 Å². The first-order valence-corrected chi connectivity index (χ1v) is 7.86. The molecule has 4 rings (SSSR count). The van der Waals surface area contributed by atoms with Crippen LogP contribution in [0.4, 0.5) is 0 Å². The van der Waals surface area contributed by atoms with E-state index in [9.17, 15) is 0 Å². The predicted octanol–water partition coefficient (Wildman–Crippen LogP) is 5.56. The summed E-state index contributed by atoms with van der Waals surface area (Å²) in [5, 5.41) is 2.67. The van der Waals surface area contributed by atoms with Crippen LogP contribution in [0.15, 0.2) is 60.8 Å². The van der Waals surface area contributed by atoms with E-state index >= 15 is 0 Å². The molecule has 0 aliphatic heterocycles. The maximum absolute atomic E-state index is 4.64. The molecule has 104 valence electrons. The van der Waals surface area contributed by atoms with Crippen LogP contribution in [0.3, 0.4) is 0 Å². The van der Waals surface area contributed by atoms with E-state index < -0.39 is 0 Å². The van der Waals surface area contributed by atoms with Crippen LogP contribution in [0.5, 0.6) is 0 Å². The number of hydrogen-bond donors (Lipinski definition) is 0. The minimum absolute atomic E-state index is 0.736. The van der Waals surface area contributed by atoms with Crippen molar-refractivity contribution in [2.45, 2.75) is 31.6 Å². The summed E-state index contributed by atoms with van der Waals surface area (Å²) in [7, 11) is 0. The van der Waals surface area contributed by atoms with Gasteiger partial charge in [0.05, 0.1) is 5.69 Å². The summed E-state index contributed by atoms with van der Waals surface area (Å²) in [6.07, 6.45) is 7.38. The van der Waals surface area contributed by atoms with Gasteiger partial charge in [0.2, 0.25) is 0 Å². The highest BCUT2D eigenvalue weighted by Gasteiger charge is 2.19. The van der Waals surface area contributed by atoms with Crippen LogP contribution >= 0.6 is 0 Å². The molecule has 0 radical (unpaired) electrons. The molecule has 2 aromatic carbocycles. The van der Waals surface area contributed by atoms with E-state index in [4.69, 9.17) is 0 Å². The van der Waals surface area contributed by atoms with Gasteiger partial charge in [0.1, 0.15) is 0 Å². The van der Waals surface area contributed by atoms with Crippen LogP contribution in [0.2, 0.25) is 0 Å². The molecule has 1 aliphatic rings. The molecule has 0 bridgehead atoms. The largest absolute Gasteiger partial charge is 0.256 e. The van der Waals surface area contributed by atoms with Crippen LogP contribution in [-0.4, -0.2) is 4.98 Å². The van der Waals surface area contributed by atoms with E-state index in [1.165, 1.54) is 47.6 Å². The van der Waals surface area contributed by atoms with E-state index in [1.54, 1.807) is 0 Å². The lowest BCUT2D eigenvalue weighted by Gasteiger charge is -2.14. The molecule has 0 atom stereocenters. The summed E-state index contributed by atoms with van der Waals surface area (Å²) in [4.78, 5) is 4.64. The maximum Gasteiger partial charge on any atom is 0.0780 e. The number of benzene rings is 2. The molecular weight excluding hydrogens is 254 g/mol. The molecule has 1 aromatic heterocycles. The molecule has 1 saturated carbocycles. The second-order valence-electron chi connectivity index (χ2n) is 5.95. The highest BCUT2D eigenvalue weighted by molar-refractivity contribution is 5.96. The monoisotopic (exact) mass is 273 g/mol. The fraction of sp³-hybridized carbons (Fsp3) is 0.250. The van der Waals surface area contributed by atoms with Crippen molar-refractivity contribution in [2.24, 2.45) is 0 Å². The number of rotatable bonds is 2. The third-order valence-corrected chi connectivity index (χ3v) is 4.68. The summed E-state index contributed by atoms with van der Waals surface area (Å²) >= 11 is 0. The second-order valence-corrected chi connectivity index (χ2v) is 5.95. The molecule has 0 N–H and O–H groups in total. The summed E-state index contributed by atoms with van der Waals surface area (Å²) in [5.41, 5.74) is 3.82. The van der Waals surface area contributed by atoms with Crippen molar-refractivity contribution in [3.05, 3.63) is 66.4 Å². The van der Waals surface area contributed by atoms with Gasteiger partial charge in [0.15, 0.2) is 0 Å². The van der Waals surface area contributed by atoms with E-state index in [-0.39, 0.29) is 0 Å². The first kappa shape index (κ1) is 12.6. The lowest BCUT2D eigenvalue weighted by Crippen LogP contribution is -1.95. The minimum Gasteiger partial charge on any atom is -0.256 e. The number of nitrogens with zero attached hydrogens (tertiary/aromatic N) is 1. The number of aromatic nitrogens is 1. The minimum atomic E-state index is 0.736. The Labute approximate surface area is 125 Å². The van der Waals surface area contributed by atoms with Gasteiger partial charge in [0, 0.05) is 17.1 Å². The summed E-state index contributed by atoms with van der Waals surface area (Å²) in [6.45, 7) is 0. The molecule has 1 fully saturated rings. The first-order chi connectivity index (χ1) is 10.4. The zero-order chi connectivity index (χ0) is 14.1. The second kappa shape index (κ2) is 5.33. The first-order valence-electron chi connectivity index (χ1n) is 7.86. The lowest BCUT2D eigenvalue weighted by molar-refractivity contribution is 0.729. The fourth-order valence-electron chi connectivity index (χ4n) is 3.65. The average molecular weight is 273 g/mol. The Morgan fingerprint density at radius 1 is 0.762 bits per heavy atom. The van der Waals surface area contributed by atoms with Crippen molar-refractivity contribution < 1.29 is 0 Å². The van der Waals surface area contributed by atoms with Crippen molar-refractivity contribution in [2.75, 3.05) is 0 Å². The van der Waals surface area contributed by atoms with Gasteiger partial charge in [-0.3, -0.25) is 4.98 Å². The lowest BCUT2D eigenvalue weighted by atomic mass is 9.91. The van der Waals surface area contributed by atoms with Gasteiger partial charge < -0.3 is 0 Å². The predicted molar refractivity (Wildman–Crippen MR) is 88.4 cm³/mol. The van der Waals surface area contributed by atoms with Crippen LogP contribution < -0.4 is 0 Å². The molecule has 0 amide bonds. The molecule has 0 unspecified atom stereocenters. The topological polar surface area (TPSA) is 12.9 Å². The highest BCUT2D eigenvalue weighted by atomic mass is 14.7. The highest BCUT2D eigenvalue weighted by Crippen LogP contribution is 2.39. The number of pyridine rings is 1. The van der Waals surface area contributed by atoms with Gasteiger partial charge in [-0.1, -0.05) is 61.4 Å². The SMILES string of the molecule is c1ccc(-c2nccc3c(C4CCCC4)cccc23)cc1. The Morgan fingerprint density at radius 2 is 1.57 bits per heavy atom. The molecule has 1 heteroatoms. The Kier molecular flexibility index (Phi) is 3.19. The third-order valence-electron chi connectivity index (χ3n) is 4.68. The van der Waals surface area contributed by atoms with Gasteiger partial charge >= 0.3 is 0 Å². The standard InChI is InChI=1S/C20H19N/c1-2-9-16(10-3-1)20-19-12-6-11-17(15-7-4-5-8-15)18(19)13-14-21-20/h1-3,6,9-15H,4-5,7-8H2. The van der Waals surface area contributed by atoms with E-state index in [1.807, 2.05) is 6.20 Å². The van der Waals surface area contributed by atoms with Gasteiger partial charge in [-0.05, 0) is 35.8 Å². The quantitative estimate of drug-likeness (QED) is 0.595. The van der Waals surface area contributed by atoms with Crippen molar-refractivity contribution in [3.8, 4) is 11.3 Å². The van der Waals surface area contributed by atoms with E-state index in [0.29, 0.717) is 0 Å². The van der Waals surface area contributed by atoms with Gasteiger partial charge in [-0.15, -0.1) is 0 Å². The Morgan fingerprint density at radius 3 is 2.38 bits per heavy atom. The molecule has 0 saturated heterocycles. The molecule has 21 heavy (non-hydrogen) atoms. The van der Waals surface area contributed by atoms with Crippen molar-refractivity contribution >= 4 is 10.8 Å². The summed E-state index contributed by atoms with van der Waals surface area (Å²) in [6, 6.07) is 19.4. The Balaban J connectivity index is 1.92. The number of fused-ring (bicyclic) bond motifs is 1. The fourth-order valence-corrected chi connectivity index (χ4v) is 3.65. The zero-order valence-electron chi connectivity index (χ0n) is 12.1. The normalized spacial score (nSPS) is 15.6. The van der Waals surface area contributed by atoms with Crippen molar-refractivity contribution in [1.29, 1.82) is 0 Å². The summed E-state index contributed by atoms with van der Waals surface area (Å²) in [5.74, 6) is 0.736. The van der Waals surface area contributed by atoms with E-state index in [2.05, 4.69) is 59.6 Å². The van der Waals surface area contributed by atoms with Gasteiger partial charge in [0.25, 0.3) is 0 Å². The van der Waals surface area contributed by atoms with Crippen molar-refractivity contribution in [3.63, 3.8) is 0 Å². The van der Waals surface area contributed by atoms with Gasteiger partial charge in [-0.25, -0.2) is 0 Å². The van der Waals surface area contributed by atoms with Crippen LogP contribution in [-0.2, 0) is 0 Å². The zero-order valence-corrected chi connectivity index (χ0v) is 12.1.